The molecule has 6 nitrogen and oxygen atoms in total. The fourth-order valence-electron chi connectivity index (χ4n) is 1.15. The molecule has 0 aliphatic carbocycles. The van der Waals surface area contributed by atoms with Crippen LogP contribution in [0.3, 0.4) is 0 Å². The first kappa shape index (κ1) is 13.2. The predicted molar refractivity (Wildman–Crippen MR) is 61.5 cm³/mol. The molecule has 92 valence electrons. The average Bonchev–Trinajstić information content (AvgIpc) is 2.15. The summed E-state index contributed by atoms with van der Waals surface area (Å²) < 4.78 is 24.6. The Bertz CT molecular complexity index is 532. The van der Waals surface area contributed by atoms with Gasteiger partial charge in [0.15, 0.2) is 11.5 Å². The topological polar surface area (TPSA) is 101 Å². The predicted octanol–water partition coefficient (Wildman–Crippen LogP) is 0.715. The van der Waals surface area contributed by atoms with E-state index in [4.69, 9.17) is 5.11 Å². The molecule has 0 heterocycles. The highest BCUT2D eigenvalue weighted by molar-refractivity contribution is 7.93. The molecule has 0 radical (unpaired) electrons. The zero-order valence-electron chi connectivity index (χ0n) is 9.00. The van der Waals surface area contributed by atoms with Gasteiger partial charge < -0.3 is 5.11 Å². The van der Waals surface area contributed by atoms with Crippen LogP contribution in [0.15, 0.2) is 24.3 Å². The number of carboxylic acids is 1. The molecule has 0 atom stereocenters. The van der Waals surface area contributed by atoms with Gasteiger partial charge in [-0.25, -0.2) is 8.42 Å². The van der Waals surface area contributed by atoms with Gasteiger partial charge in [-0.2, -0.15) is 0 Å². The maximum Gasteiger partial charge on any atom is 0.320 e. The van der Waals surface area contributed by atoms with Crippen LogP contribution in [0, 0.1) is 0 Å². The molecular formula is C10H11NO5S. The fourth-order valence-corrected chi connectivity index (χ4v) is 2.04. The third-order valence-corrected chi connectivity index (χ3v) is 3.05. The normalized spacial score (nSPS) is 10.9. The van der Waals surface area contributed by atoms with Gasteiger partial charge in [-0.1, -0.05) is 0 Å². The number of hydrogen-bond donors (Lipinski definition) is 2. The van der Waals surface area contributed by atoms with Crippen molar-refractivity contribution in [1.29, 1.82) is 0 Å². The lowest BCUT2D eigenvalue weighted by atomic mass is 10.1. The Morgan fingerprint density at radius 1 is 1.24 bits per heavy atom. The van der Waals surface area contributed by atoms with Crippen molar-refractivity contribution < 1.29 is 23.1 Å². The summed E-state index contributed by atoms with van der Waals surface area (Å²) in [5, 5.41) is 8.38. The van der Waals surface area contributed by atoms with Crippen molar-refractivity contribution in [1.82, 2.24) is 0 Å². The van der Waals surface area contributed by atoms with Gasteiger partial charge in [-0.15, -0.1) is 0 Å². The van der Waals surface area contributed by atoms with Gasteiger partial charge in [0.05, 0.1) is 0 Å². The van der Waals surface area contributed by atoms with Gasteiger partial charge in [-0.3, -0.25) is 14.3 Å². The number of carbonyl (C=O) groups excluding carboxylic acids is 1. The minimum Gasteiger partial charge on any atom is -0.480 e. The van der Waals surface area contributed by atoms with E-state index in [-0.39, 0.29) is 11.5 Å². The van der Waals surface area contributed by atoms with Gasteiger partial charge in [0, 0.05) is 11.3 Å². The Labute approximate surface area is 98.3 Å². The zero-order chi connectivity index (χ0) is 13.1. The second-order valence-electron chi connectivity index (χ2n) is 3.39. The molecule has 0 spiro atoms. The van der Waals surface area contributed by atoms with E-state index < -0.39 is 21.7 Å². The highest BCUT2D eigenvalue weighted by Crippen LogP contribution is 2.11. The van der Waals surface area contributed by atoms with Crippen LogP contribution < -0.4 is 4.72 Å². The minimum absolute atomic E-state index is 0.134. The van der Waals surface area contributed by atoms with Crippen molar-refractivity contribution >= 4 is 27.5 Å². The van der Waals surface area contributed by atoms with Crippen LogP contribution in [0.1, 0.15) is 17.3 Å². The fraction of sp³-hybridized carbons (Fsp3) is 0.200. The van der Waals surface area contributed by atoms with E-state index in [0.29, 0.717) is 5.56 Å². The third-order valence-electron chi connectivity index (χ3n) is 1.88. The number of hydrogen-bond acceptors (Lipinski definition) is 4. The van der Waals surface area contributed by atoms with Crippen LogP contribution in [0.25, 0.3) is 0 Å². The molecule has 2 N–H and O–H groups in total. The second-order valence-corrected chi connectivity index (χ2v) is 5.11. The molecule has 7 heteroatoms. The molecule has 0 saturated heterocycles. The lowest BCUT2D eigenvalue weighted by molar-refractivity contribution is -0.134. The van der Waals surface area contributed by atoms with Crippen LogP contribution >= 0.6 is 0 Å². The Morgan fingerprint density at radius 2 is 1.76 bits per heavy atom. The molecule has 0 fully saturated rings. The summed E-state index contributed by atoms with van der Waals surface area (Å²) in [6.45, 7) is 1.39. The Kier molecular flexibility index (Phi) is 3.84. The number of sulfonamides is 1. The van der Waals surface area contributed by atoms with Crippen molar-refractivity contribution in [3.05, 3.63) is 29.8 Å². The first-order valence-electron chi connectivity index (χ1n) is 4.63. The van der Waals surface area contributed by atoms with E-state index in [1.54, 1.807) is 0 Å². The molecule has 0 aliphatic rings. The van der Waals surface area contributed by atoms with Gasteiger partial charge >= 0.3 is 5.97 Å². The quantitative estimate of drug-likeness (QED) is 0.757. The number of Topliss-reactive ketones (excluding diaryl/α,β-unsaturated/α-hetero) is 1. The van der Waals surface area contributed by atoms with E-state index in [2.05, 4.69) is 4.72 Å². The van der Waals surface area contributed by atoms with Crippen molar-refractivity contribution in [2.24, 2.45) is 0 Å². The van der Waals surface area contributed by atoms with Crippen molar-refractivity contribution in [2.45, 2.75) is 6.92 Å². The summed E-state index contributed by atoms with van der Waals surface area (Å²) in [4.78, 5) is 21.3. The van der Waals surface area contributed by atoms with E-state index in [9.17, 15) is 18.0 Å². The molecule has 0 aromatic heterocycles. The van der Waals surface area contributed by atoms with Crippen LogP contribution in [0.4, 0.5) is 5.69 Å². The smallest absolute Gasteiger partial charge is 0.320 e. The molecule has 0 aliphatic heterocycles. The maximum atomic E-state index is 11.3. The number of carboxylic acid groups (broad SMARTS) is 1. The van der Waals surface area contributed by atoms with E-state index in [1.165, 1.54) is 31.2 Å². The van der Waals surface area contributed by atoms with Gasteiger partial charge in [-0.05, 0) is 31.2 Å². The molecule has 0 unspecified atom stereocenters. The summed E-state index contributed by atoms with van der Waals surface area (Å²) >= 11 is 0. The van der Waals surface area contributed by atoms with E-state index in [1.807, 2.05) is 0 Å². The van der Waals surface area contributed by atoms with Gasteiger partial charge in [0.1, 0.15) is 0 Å². The number of ketones is 1. The standard InChI is InChI=1S/C10H11NO5S/c1-7(12)8-2-4-9(5-3-8)11-17(15,16)6-10(13)14/h2-5,11H,6H2,1H3,(H,13,14). The third kappa shape index (κ3) is 4.23. The van der Waals surface area contributed by atoms with Crippen molar-refractivity contribution in [2.75, 3.05) is 10.5 Å². The molecule has 1 aromatic carbocycles. The van der Waals surface area contributed by atoms with Crippen LogP contribution in [-0.4, -0.2) is 31.0 Å². The molecule has 0 amide bonds. The summed E-state index contributed by atoms with van der Waals surface area (Å²) in [5.41, 5.74) is 0.669. The van der Waals surface area contributed by atoms with Crippen molar-refractivity contribution in [3.63, 3.8) is 0 Å². The molecule has 0 saturated carbocycles. The Balaban J connectivity index is 2.82. The van der Waals surface area contributed by atoms with E-state index in [0.717, 1.165) is 0 Å². The molecular weight excluding hydrogens is 246 g/mol. The zero-order valence-corrected chi connectivity index (χ0v) is 9.82. The largest absolute Gasteiger partial charge is 0.480 e. The second kappa shape index (κ2) is 4.96. The lowest BCUT2D eigenvalue weighted by Crippen LogP contribution is -2.22. The summed E-state index contributed by atoms with van der Waals surface area (Å²) in [6.07, 6.45) is 0. The van der Waals surface area contributed by atoms with Crippen molar-refractivity contribution in [3.8, 4) is 0 Å². The summed E-state index contributed by atoms with van der Waals surface area (Å²) in [7, 11) is -3.90. The molecule has 1 aromatic rings. The number of nitrogens with one attached hydrogen (secondary N) is 1. The molecule has 1 rings (SSSR count). The summed E-state index contributed by atoms with van der Waals surface area (Å²) in [6, 6.07) is 5.72. The number of rotatable bonds is 5. The van der Waals surface area contributed by atoms with Gasteiger partial charge in [0.25, 0.3) is 0 Å². The number of benzene rings is 1. The highest BCUT2D eigenvalue weighted by Gasteiger charge is 2.15. The first-order chi connectivity index (χ1) is 7.80. The lowest BCUT2D eigenvalue weighted by Gasteiger charge is -2.06. The molecule has 0 bridgehead atoms. The molecule has 17 heavy (non-hydrogen) atoms. The average molecular weight is 257 g/mol. The number of carbonyl (C=O) groups is 2. The Hall–Kier alpha value is -1.89. The van der Waals surface area contributed by atoms with Gasteiger partial charge in [0.2, 0.25) is 10.0 Å². The highest BCUT2D eigenvalue weighted by atomic mass is 32.2. The summed E-state index contributed by atoms with van der Waals surface area (Å²) in [5.74, 6) is -2.57. The number of aliphatic carboxylic acids is 1. The van der Waals surface area contributed by atoms with Crippen LogP contribution in [0.2, 0.25) is 0 Å². The van der Waals surface area contributed by atoms with Crippen LogP contribution in [-0.2, 0) is 14.8 Å². The SMILES string of the molecule is CC(=O)c1ccc(NS(=O)(=O)CC(=O)O)cc1. The minimum atomic E-state index is -3.90. The first-order valence-corrected chi connectivity index (χ1v) is 6.29. The maximum absolute atomic E-state index is 11.3. The number of anilines is 1. The Morgan fingerprint density at radius 3 is 2.18 bits per heavy atom. The van der Waals surface area contributed by atoms with E-state index >= 15 is 0 Å². The van der Waals surface area contributed by atoms with Crippen LogP contribution in [0.5, 0.6) is 0 Å². The monoisotopic (exact) mass is 257 g/mol.